The summed E-state index contributed by atoms with van der Waals surface area (Å²) in [6.07, 6.45) is 3.62. The first kappa shape index (κ1) is 19.4. The molecule has 0 aliphatic carbocycles. The molecule has 0 unspecified atom stereocenters. The number of halogens is 2. The van der Waals surface area contributed by atoms with Crippen LogP contribution in [0.5, 0.6) is 5.75 Å². The Morgan fingerprint density at radius 1 is 1.03 bits per heavy atom. The summed E-state index contributed by atoms with van der Waals surface area (Å²) in [6.45, 7) is -2.45. The first-order valence-corrected chi connectivity index (χ1v) is 9.18. The second kappa shape index (κ2) is 8.64. The van der Waals surface area contributed by atoms with Crippen molar-refractivity contribution in [3.05, 3.63) is 78.2 Å². The fourth-order valence-electron chi connectivity index (χ4n) is 3.04. The van der Waals surface area contributed by atoms with Crippen LogP contribution in [0.3, 0.4) is 0 Å². The molecule has 0 fully saturated rings. The van der Waals surface area contributed by atoms with Gasteiger partial charge in [0, 0.05) is 12.1 Å². The van der Waals surface area contributed by atoms with Crippen molar-refractivity contribution < 1.29 is 18.3 Å². The van der Waals surface area contributed by atoms with Gasteiger partial charge in [-0.15, -0.1) is 10.2 Å². The largest absolute Gasteiger partial charge is 0.435 e. The first-order chi connectivity index (χ1) is 14.6. The summed E-state index contributed by atoms with van der Waals surface area (Å²) in [5.74, 6) is 0.107. The lowest BCUT2D eigenvalue weighted by molar-refractivity contribution is -0.0498. The number of benzene rings is 2. The summed E-state index contributed by atoms with van der Waals surface area (Å²) in [6, 6.07) is 15.8. The minimum absolute atomic E-state index is 0.0307. The Bertz CT molecular complexity index is 1150. The van der Waals surface area contributed by atoms with Crippen molar-refractivity contribution in [2.24, 2.45) is 0 Å². The van der Waals surface area contributed by atoms with Crippen LogP contribution in [-0.4, -0.2) is 38.6 Å². The lowest BCUT2D eigenvalue weighted by Crippen LogP contribution is -2.27. The molecule has 0 spiro atoms. The average molecular weight is 409 g/mol. The van der Waals surface area contributed by atoms with E-state index < -0.39 is 6.61 Å². The summed E-state index contributed by atoms with van der Waals surface area (Å²) >= 11 is 0. The Kier molecular flexibility index (Phi) is 5.60. The number of hydrogen-bond donors (Lipinski definition) is 1. The third-order valence-electron chi connectivity index (χ3n) is 4.43. The van der Waals surface area contributed by atoms with Gasteiger partial charge in [-0.25, -0.2) is 0 Å². The number of carbonyl (C=O) groups is 1. The van der Waals surface area contributed by atoms with E-state index >= 15 is 0 Å². The van der Waals surface area contributed by atoms with Gasteiger partial charge in [-0.05, 0) is 36.2 Å². The Balaban J connectivity index is 1.57. The van der Waals surface area contributed by atoms with E-state index in [0.29, 0.717) is 30.0 Å². The molecule has 2 aromatic carbocycles. The van der Waals surface area contributed by atoms with Gasteiger partial charge in [0.1, 0.15) is 11.4 Å². The lowest BCUT2D eigenvalue weighted by atomic mass is 10.1. The highest BCUT2D eigenvalue weighted by Gasteiger charge is 2.17. The molecule has 0 saturated carbocycles. The predicted molar refractivity (Wildman–Crippen MR) is 105 cm³/mol. The maximum Gasteiger partial charge on any atom is 0.387 e. The van der Waals surface area contributed by atoms with Crippen LogP contribution in [0.1, 0.15) is 16.1 Å². The molecule has 4 rings (SSSR count). The minimum Gasteiger partial charge on any atom is -0.435 e. The van der Waals surface area contributed by atoms with E-state index in [9.17, 15) is 13.6 Å². The molecule has 9 heteroatoms. The van der Waals surface area contributed by atoms with Crippen molar-refractivity contribution in [2.75, 3.05) is 6.54 Å². The molecule has 7 nitrogen and oxygen atoms in total. The predicted octanol–water partition coefficient (Wildman–Crippen LogP) is 3.37. The van der Waals surface area contributed by atoms with Gasteiger partial charge in [-0.3, -0.25) is 14.2 Å². The van der Waals surface area contributed by atoms with Crippen LogP contribution < -0.4 is 10.1 Å². The third-order valence-corrected chi connectivity index (χ3v) is 4.43. The molecule has 30 heavy (non-hydrogen) atoms. The molecule has 0 aliphatic heterocycles. The molecule has 1 N–H and O–H groups in total. The molecule has 4 aromatic rings. The number of carbonyl (C=O) groups excluding carboxylic acids is 1. The maximum atomic E-state index is 12.8. The molecule has 2 heterocycles. The quantitative estimate of drug-likeness (QED) is 0.506. The van der Waals surface area contributed by atoms with E-state index in [1.165, 1.54) is 24.5 Å². The Morgan fingerprint density at radius 3 is 2.53 bits per heavy atom. The Hall–Kier alpha value is -3.88. The highest BCUT2D eigenvalue weighted by Crippen LogP contribution is 2.23. The zero-order valence-electron chi connectivity index (χ0n) is 15.7. The topological polar surface area (TPSA) is 81.4 Å². The van der Waals surface area contributed by atoms with E-state index in [0.717, 1.165) is 5.56 Å². The van der Waals surface area contributed by atoms with Crippen LogP contribution in [-0.2, 0) is 6.42 Å². The average Bonchev–Trinajstić information content (AvgIpc) is 3.19. The number of nitrogens with one attached hydrogen (secondary N) is 1. The number of amides is 1. The maximum absolute atomic E-state index is 12.8. The standard InChI is InChI=1S/C21H17F2N5O2/c22-21(23)30-16-8-6-15(7-9-16)19-27-26-18-13-24-12-17(28(18)19)20(29)25-11-10-14-4-2-1-3-5-14/h1-9,12-13,21H,10-11H2,(H,25,29). The van der Waals surface area contributed by atoms with Gasteiger partial charge in [0.15, 0.2) is 11.5 Å². The van der Waals surface area contributed by atoms with Crippen LogP contribution in [0.25, 0.3) is 17.0 Å². The number of hydrogen-bond acceptors (Lipinski definition) is 5. The van der Waals surface area contributed by atoms with Crippen LogP contribution in [0, 0.1) is 0 Å². The highest BCUT2D eigenvalue weighted by molar-refractivity contribution is 5.93. The highest BCUT2D eigenvalue weighted by atomic mass is 19.3. The van der Waals surface area contributed by atoms with Crippen LogP contribution in [0.15, 0.2) is 67.0 Å². The summed E-state index contributed by atoms with van der Waals surface area (Å²) in [5, 5.41) is 11.1. The molecule has 152 valence electrons. The monoisotopic (exact) mass is 409 g/mol. The zero-order chi connectivity index (χ0) is 20.9. The molecular formula is C21H17F2N5O2. The van der Waals surface area contributed by atoms with Gasteiger partial charge in [0.2, 0.25) is 0 Å². The van der Waals surface area contributed by atoms with E-state index in [4.69, 9.17) is 0 Å². The lowest BCUT2D eigenvalue weighted by Gasteiger charge is -2.09. The zero-order valence-corrected chi connectivity index (χ0v) is 15.7. The second-order valence-corrected chi connectivity index (χ2v) is 6.40. The van der Waals surface area contributed by atoms with Gasteiger partial charge in [-0.1, -0.05) is 30.3 Å². The number of aromatic nitrogens is 4. The smallest absolute Gasteiger partial charge is 0.387 e. The van der Waals surface area contributed by atoms with Gasteiger partial charge < -0.3 is 10.1 Å². The second-order valence-electron chi connectivity index (χ2n) is 6.40. The van der Waals surface area contributed by atoms with Crippen molar-refractivity contribution in [3.8, 4) is 17.1 Å². The minimum atomic E-state index is -2.90. The SMILES string of the molecule is O=C(NCCc1ccccc1)c1cncc2nnc(-c3ccc(OC(F)F)cc3)n12. The van der Waals surface area contributed by atoms with Crippen LogP contribution in [0.4, 0.5) is 8.78 Å². The van der Waals surface area contributed by atoms with Crippen molar-refractivity contribution in [3.63, 3.8) is 0 Å². The molecule has 0 aliphatic rings. The van der Waals surface area contributed by atoms with Gasteiger partial charge in [-0.2, -0.15) is 8.78 Å². The van der Waals surface area contributed by atoms with Crippen LogP contribution in [0.2, 0.25) is 0 Å². The fourth-order valence-corrected chi connectivity index (χ4v) is 3.04. The Labute approximate surface area is 170 Å². The van der Waals surface area contributed by atoms with Gasteiger partial charge in [0.05, 0.1) is 12.4 Å². The number of rotatable bonds is 7. The van der Waals surface area contributed by atoms with Crippen molar-refractivity contribution in [2.45, 2.75) is 13.0 Å². The number of alkyl halides is 2. The van der Waals surface area contributed by atoms with Crippen LogP contribution >= 0.6 is 0 Å². The van der Waals surface area contributed by atoms with Crippen molar-refractivity contribution >= 4 is 11.6 Å². The molecular weight excluding hydrogens is 392 g/mol. The molecule has 2 aromatic heterocycles. The summed E-state index contributed by atoms with van der Waals surface area (Å²) < 4.78 is 30.7. The summed E-state index contributed by atoms with van der Waals surface area (Å²) in [4.78, 5) is 16.8. The van der Waals surface area contributed by atoms with E-state index in [-0.39, 0.29) is 17.4 Å². The molecule has 1 amide bonds. The van der Waals surface area contributed by atoms with Crippen molar-refractivity contribution in [1.82, 2.24) is 24.9 Å². The fraction of sp³-hybridized carbons (Fsp3) is 0.143. The van der Waals surface area contributed by atoms with E-state index in [2.05, 4.69) is 25.2 Å². The van der Waals surface area contributed by atoms with Gasteiger partial charge in [0.25, 0.3) is 5.91 Å². The third kappa shape index (κ3) is 4.24. The molecule has 0 bridgehead atoms. The molecule has 0 atom stereocenters. The van der Waals surface area contributed by atoms with E-state index in [1.54, 1.807) is 16.5 Å². The molecule has 0 radical (unpaired) electrons. The number of nitrogens with zero attached hydrogens (tertiary/aromatic N) is 4. The normalized spacial score (nSPS) is 11.0. The molecule has 0 saturated heterocycles. The number of ether oxygens (including phenoxy) is 1. The number of fused-ring (bicyclic) bond motifs is 1. The first-order valence-electron chi connectivity index (χ1n) is 9.18. The van der Waals surface area contributed by atoms with Gasteiger partial charge >= 0.3 is 6.61 Å². The van der Waals surface area contributed by atoms with Crippen molar-refractivity contribution in [1.29, 1.82) is 0 Å². The van der Waals surface area contributed by atoms with E-state index in [1.807, 2.05) is 30.3 Å². The Morgan fingerprint density at radius 2 is 1.80 bits per heavy atom. The summed E-state index contributed by atoms with van der Waals surface area (Å²) in [5.41, 5.74) is 2.38. The summed E-state index contributed by atoms with van der Waals surface area (Å²) in [7, 11) is 0.